The molecule has 10 heterocycles. The first-order valence-electron chi connectivity index (χ1n) is 51.7. The molecule has 2 N–H and O–H groups in total. The number of ether oxygens (including phenoxy) is 20. The van der Waals surface area contributed by atoms with Crippen molar-refractivity contribution in [3.8, 4) is 5.75 Å². The quantitative estimate of drug-likeness (QED) is 0.0348. The normalized spacial score (nSPS) is 20.6. The van der Waals surface area contributed by atoms with Gasteiger partial charge in [-0.25, -0.2) is 9.59 Å². The van der Waals surface area contributed by atoms with Gasteiger partial charge in [-0.15, -0.1) is 0 Å². The number of rotatable bonds is 53. The molecule has 1 saturated carbocycles. The molecule has 1 unspecified atom stereocenters. The molecule has 11 fully saturated rings. The van der Waals surface area contributed by atoms with Crippen LogP contribution in [-0.2, 0) is 94.8 Å². The summed E-state index contributed by atoms with van der Waals surface area (Å²) in [7, 11) is 1.75. The lowest BCUT2D eigenvalue weighted by molar-refractivity contribution is -0.170. The summed E-state index contributed by atoms with van der Waals surface area (Å²) < 4.78 is 106. The summed E-state index contributed by atoms with van der Waals surface area (Å²) in [5, 5.41) is 11.5. The van der Waals surface area contributed by atoms with Crippen molar-refractivity contribution >= 4 is 18.2 Å². The number of aliphatic hydroxyl groups excluding tert-OH is 1. The van der Waals surface area contributed by atoms with Gasteiger partial charge in [-0.05, 0) is 134 Å². The number of hydrogen-bond donors (Lipinski definition) is 2. The summed E-state index contributed by atoms with van der Waals surface area (Å²) in [4.78, 5) is 33.5. The number of para-hydroxylation sites is 1. The minimum absolute atomic E-state index is 0.0484. The van der Waals surface area contributed by atoms with Gasteiger partial charge in [0, 0.05) is 72.4 Å². The van der Waals surface area contributed by atoms with Gasteiger partial charge in [0.1, 0.15) is 25.6 Å². The predicted molar refractivity (Wildman–Crippen MR) is 516 cm³/mol. The molecule has 25 nitrogen and oxygen atoms in total. The fourth-order valence-electron chi connectivity index (χ4n) is 15.0. The van der Waals surface area contributed by atoms with Crippen LogP contribution in [-0.4, -0.2) is 268 Å². The van der Waals surface area contributed by atoms with E-state index in [1.807, 2.05) is 30.3 Å². The van der Waals surface area contributed by atoms with Gasteiger partial charge >= 0.3 is 18.2 Å². The molecule has 0 radical (unpaired) electrons. The minimum atomic E-state index is -0.581. The molecular formula is C105H195NO24. The Kier molecular flexibility index (Phi) is 65.0. The SMILES string of the molecule is CCC1(CO)COC1.CCC1(COC)COC1.CCC1(COC2CCCCC2)COC1.CCC1(COc2ccccc2)COC1.CCCCC(CC)COCC1(CC)COC1.CCCCCC(=O)OCC1(CC)COC1.CCCCCCOCC1(CC)COC1.CCCCNC(=O)OCC1(CC)COC1.CCCCOCC1(CC)COC1.CCOC(=O)OCC1(CC)COC1. The van der Waals surface area contributed by atoms with Crippen LogP contribution in [0.25, 0.3) is 0 Å². The van der Waals surface area contributed by atoms with Crippen molar-refractivity contribution < 1.29 is 114 Å². The van der Waals surface area contributed by atoms with E-state index in [4.69, 9.17) is 95.1 Å². The van der Waals surface area contributed by atoms with Gasteiger partial charge in [-0.3, -0.25) is 4.79 Å². The first-order valence-corrected chi connectivity index (χ1v) is 51.7. The van der Waals surface area contributed by atoms with E-state index < -0.39 is 6.16 Å². The molecule has 11 aliphatic rings. The van der Waals surface area contributed by atoms with Crippen molar-refractivity contribution in [2.45, 2.75) is 323 Å². The molecule has 130 heavy (non-hydrogen) atoms. The summed E-state index contributed by atoms with van der Waals surface area (Å²) in [6.07, 6.45) is 36.0. The lowest BCUT2D eigenvalue weighted by atomic mass is 9.84. The molecule has 25 heteroatoms. The zero-order valence-electron chi connectivity index (χ0n) is 86.0. The van der Waals surface area contributed by atoms with Crippen LogP contribution in [0.2, 0.25) is 0 Å². The van der Waals surface area contributed by atoms with Crippen LogP contribution in [0.3, 0.4) is 0 Å². The Morgan fingerprint density at radius 3 is 1.11 bits per heavy atom. The summed E-state index contributed by atoms with van der Waals surface area (Å²) in [6, 6.07) is 9.96. The summed E-state index contributed by atoms with van der Waals surface area (Å²) in [5.41, 5.74) is 2.50. The molecule has 1 aromatic rings. The number of hydrogen-bond acceptors (Lipinski definition) is 24. The number of esters is 1. The summed E-state index contributed by atoms with van der Waals surface area (Å²) in [5.74, 6) is 1.66. The number of alkyl carbamates (subject to hydrolysis) is 1. The number of carbonyl (C=O) groups excluding carboxylic acids is 3. The van der Waals surface area contributed by atoms with E-state index >= 15 is 0 Å². The second kappa shape index (κ2) is 70.1. The number of unbranched alkanes of at least 4 members (excludes halogenated alkanes) is 8. The van der Waals surface area contributed by atoms with Crippen LogP contribution < -0.4 is 10.1 Å². The van der Waals surface area contributed by atoms with E-state index in [9.17, 15) is 14.4 Å². The maximum atomic E-state index is 11.4. The first kappa shape index (κ1) is 121. The number of nitrogens with one attached hydrogen (secondary N) is 1. The van der Waals surface area contributed by atoms with Crippen LogP contribution in [0.5, 0.6) is 5.75 Å². The molecule has 1 aromatic carbocycles. The van der Waals surface area contributed by atoms with Gasteiger partial charge in [0.05, 0.1) is 213 Å². The third-order valence-corrected chi connectivity index (χ3v) is 28.4. The highest BCUT2D eigenvalue weighted by atomic mass is 16.7. The molecule has 764 valence electrons. The molecule has 10 aliphatic heterocycles. The van der Waals surface area contributed by atoms with Crippen molar-refractivity contribution in [1.82, 2.24) is 5.32 Å². The fraction of sp³-hybridized carbons (Fsp3) is 0.914. The van der Waals surface area contributed by atoms with E-state index in [0.717, 1.165) is 241 Å². The smallest absolute Gasteiger partial charge is 0.493 e. The maximum absolute atomic E-state index is 11.4. The Bertz CT molecular complexity index is 2760. The highest BCUT2D eigenvalue weighted by molar-refractivity contribution is 5.69. The van der Waals surface area contributed by atoms with Crippen LogP contribution in [0.1, 0.15) is 317 Å². The van der Waals surface area contributed by atoms with Crippen molar-refractivity contribution in [1.29, 1.82) is 0 Å². The molecule has 12 rings (SSSR count). The van der Waals surface area contributed by atoms with Crippen LogP contribution in [0, 0.1) is 60.1 Å². The maximum Gasteiger partial charge on any atom is 0.508 e. The number of amides is 1. The largest absolute Gasteiger partial charge is 0.508 e. The zero-order chi connectivity index (χ0) is 95.5. The summed E-state index contributed by atoms with van der Waals surface area (Å²) in [6.45, 7) is 63.8. The fourth-order valence-corrected chi connectivity index (χ4v) is 15.0. The van der Waals surface area contributed by atoms with E-state index in [-0.39, 0.29) is 45.7 Å². The molecule has 0 spiro atoms. The van der Waals surface area contributed by atoms with Gasteiger partial charge in [0.2, 0.25) is 0 Å². The molecule has 10 saturated heterocycles. The van der Waals surface area contributed by atoms with Gasteiger partial charge in [0.25, 0.3) is 0 Å². The molecule has 1 amide bonds. The average Bonchev–Trinajstić information content (AvgIpc) is 0.818. The molecule has 0 bridgehead atoms. The highest BCUT2D eigenvalue weighted by Crippen LogP contribution is 2.39. The van der Waals surface area contributed by atoms with Crippen molar-refractivity contribution in [2.24, 2.45) is 60.1 Å². The molecule has 1 aliphatic carbocycles. The lowest BCUT2D eigenvalue weighted by Crippen LogP contribution is -2.46. The Balaban J connectivity index is 0.000000374. The predicted octanol–water partition coefficient (Wildman–Crippen LogP) is 21.7. The highest BCUT2D eigenvalue weighted by Gasteiger charge is 2.44. The molecular weight excluding hydrogens is 1660 g/mol. The number of benzene rings is 1. The van der Waals surface area contributed by atoms with E-state index in [1.54, 1.807) is 14.0 Å². The topological polar surface area (TPSA) is 268 Å². The summed E-state index contributed by atoms with van der Waals surface area (Å²) >= 11 is 0. The monoisotopic (exact) mass is 1850 g/mol. The van der Waals surface area contributed by atoms with E-state index in [2.05, 4.69) is 121 Å². The van der Waals surface area contributed by atoms with E-state index in [0.29, 0.717) is 99.0 Å². The standard InChI is InChI=1S/C14H28O2.C12H22O3.C12H22O2.C12H16O2.C12H24O2.C11H21NO3.C10H20O2.C9H16O4.C7H14O2.C6H12O2/c1-4-7-8-13(5-2)9-15-10-14(6-3)11-16-12-14;1-3-5-6-7-11(13)15-10-12(4-2)8-14-9-12;2*1-2-12(8-13-9-12)10-14-11-6-4-3-5-7-11;1-3-5-6-7-8-13-9-12(4-2)10-14-11-12;1-3-5-6-12-10(13)15-9-11(4-2)7-14-8-11;1-3-5-6-11-7-10(4-2)8-12-9-10;1-3-9(5-11-6-9)7-13-8(10)12-4-2;1-3-7(4-8-2)5-9-6-7;1-2-6(3-7)4-8-5-6/h13H,4-12H2,1-3H3;3-10H2,1-2H3;11H,2-10H2,1H3;3-7H,2,8-10H2,1H3;3-11H2,1-2H3;3-9H2,1-2H3,(H,12,13);3-9H2,1-2H3;3-7H2,1-2H3;3-6H2,1-2H3;7H,2-5H2,1H3. The Morgan fingerprint density at radius 1 is 0.377 bits per heavy atom. The van der Waals surface area contributed by atoms with Crippen LogP contribution >= 0.6 is 0 Å². The first-order chi connectivity index (χ1) is 62.9. The lowest BCUT2D eigenvalue weighted by Gasteiger charge is -2.41. The van der Waals surface area contributed by atoms with Crippen LogP contribution in [0.15, 0.2) is 30.3 Å². The van der Waals surface area contributed by atoms with Crippen molar-refractivity contribution in [2.75, 3.05) is 238 Å². The number of aliphatic hydroxyl groups is 1. The Hall–Kier alpha value is -3.61. The van der Waals surface area contributed by atoms with Crippen molar-refractivity contribution in [3.05, 3.63) is 30.3 Å². The number of methoxy groups -OCH3 is 1. The average molecular weight is 1860 g/mol. The van der Waals surface area contributed by atoms with Crippen LogP contribution in [0.4, 0.5) is 9.59 Å². The molecule has 0 aromatic heterocycles. The van der Waals surface area contributed by atoms with E-state index in [1.165, 1.54) is 128 Å². The second-order valence-electron chi connectivity index (χ2n) is 39.6. The third-order valence-electron chi connectivity index (χ3n) is 28.4. The van der Waals surface area contributed by atoms with Gasteiger partial charge in [-0.2, -0.15) is 0 Å². The number of carbonyl (C=O) groups is 3. The molecule has 1 atom stereocenters. The Morgan fingerprint density at radius 2 is 0.746 bits per heavy atom. The van der Waals surface area contributed by atoms with Crippen molar-refractivity contribution in [3.63, 3.8) is 0 Å². The Labute approximate surface area is 791 Å². The van der Waals surface area contributed by atoms with Gasteiger partial charge in [0.15, 0.2) is 0 Å². The zero-order valence-corrected chi connectivity index (χ0v) is 86.0. The third kappa shape index (κ3) is 46.7. The van der Waals surface area contributed by atoms with Gasteiger partial charge < -0.3 is 105 Å². The second-order valence-corrected chi connectivity index (χ2v) is 39.6. The van der Waals surface area contributed by atoms with Gasteiger partial charge in [-0.1, -0.05) is 212 Å². The minimum Gasteiger partial charge on any atom is -0.493 e.